The lowest BCUT2D eigenvalue weighted by atomic mass is 10.2. The molecule has 0 bridgehead atoms. The molecule has 0 N–H and O–H groups in total. The fraction of sp³-hybridized carbons (Fsp3) is 0.400. The summed E-state index contributed by atoms with van der Waals surface area (Å²) in [6.45, 7) is 2.82. The number of nitro groups is 2. The van der Waals surface area contributed by atoms with Crippen LogP contribution in [-0.4, -0.2) is 15.9 Å². The van der Waals surface area contributed by atoms with Crippen molar-refractivity contribution < 1.29 is 14.3 Å². The van der Waals surface area contributed by atoms with Gasteiger partial charge in [-0.05, 0) is 12.1 Å². The van der Waals surface area contributed by atoms with Crippen LogP contribution < -0.4 is 0 Å². The van der Waals surface area contributed by atoms with Gasteiger partial charge in [-0.15, -0.1) is 0 Å². The van der Waals surface area contributed by atoms with Crippen LogP contribution in [0.25, 0.3) is 6.08 Å². The van der Waals surface area contributed by atoms with Crippen LogP contribution in [0.5, 0.6) is 0 Å². The second-order valence-corrected chi connectivity index (χ2v) is 3.69. The van der Waals surface area contributed by atoms with E-state index in [1.807, 2.05) is 0 Å². The molecule has 17 heavy (non-hydrogen) atoms. The molecule has 1 atom stereocenters. The average molecular weight is 240 g/mol. The van der Waals surface area contributed by atoms with Crippen molar-refractivity contribution in [1.29, 1.82) is 0 Å². The van der Waals surface area contributed by atoms with Gasteiger partial charge in [0.05, 0.1) is 17.4 Å². The molecule has 0 saturated carbocycles. The predicted molar refractivity (Wildman–Crippen MR) is 59.5 cm³/mol. The van der Waals surface area contributed by atoms with E-state index in [-0.39, 0.29) is 12.1 Å². The molecule has 92 valence electrons. The van der Waals surface area contributed by atoms with Gasteiger partial charge in [0.1, 0.15) is 11.5 Å². The lowest BCUT2D eigenvalue weighted by molar-refractivity contribution is -0.517. The highest BCUT2D eigenvalue weighted by Gasteiger charge is 2.16. The minimum atomic E-state index is -0.741. The topological polar surface area (TPSA) is 99.4 Å². The maximum absolute atomic E-state index is 10.4. The van der Waals surface area contributed by atoms with Crippen LogP contribution in [0.3, 0.4) is 0 Å². The van der Waals surface area contributed by atoms with Crippen molar-refractivity contribution in [3.8, 4) is 0 Å². The molecule has 1 unspecified atom stereocenters. The number of allylic oxidation sites excluding steroid dienone is 1. The first kappa shape index (κ1) is 12.9. The summed E-state index contributed by atoms with van der Waals surface area (Å²) in [6, 6.07) is 2.39. The molecule has 0 aliphatic carbocycles. The van der Waals surface area contributed by atoms with Gasteiger partial charge in [0.25, 0.3) is 0 Å². The predicted octanol–water partition coefficient (Wildman–Crippen LogP) is 2.12. The van der Waals surface area contributed by atoms with E-state index in [0.717, 1.165) is 0 Å². The molecule has 0 amide bonds. The Labute approximate surface area is 97.0 Å². The summed E-state index contributed by atoms with van der Waals surface area (Å²) in [7, 11) is 0. The van der Waals surface area contributed by atoms with Crippen LogP contribution in [0.4, 0.5) is 0 Å². The highest BCUT2D eigenvalue weighted by atomic mass is 16.6. The van der Waals surface area contributed by atoms with E-state index < -0.39 is 15.9 Å². The third-order valence-electron chi connectivity index (χ3n) is 2.18. The molecule has 0 radical (unpaired) electrons. The van der Waals surface area contributed by atoms with Gasteiger partial charge < -0.3 is 4.42 Å². The summed E-state index contributed by atoms with van der Waals surface area (Å²) in [6.07, 6.45) is 1.44. The first-order chi connectivity index (χ1) is 7.90. The second kappa shape index (κ2) is 5.24. The first-order valence-corrected chi connectivity index (χ1v) is 4.95. The highest BCUT2D eigenvalue weighted by molar-refractivity contribution is 5.44. The van der Waals surface area contributed by atoms with Gasteiger partial charge in [-0.2, -0.15) is 0 Å². The highest BCUT2D eigenvalue weighted by Crippen LogP contribution is 2.14. The molecule has 0 aliphatic heterocycles. The van der Waals surface area contributed by atoms with Gasteiger partial charge in [-0.3, -0.25) is 20.2 Å². The number of hydrogen-bond acceptors (Lipinski definition) is 5. The summed E-state index contributed by atoms with van der Waals surface area (Å²) in [5.41, 5.74) is -0.0479. The third kappa shape index (κ3) is 3.71. The maximum atomic E-state index is 10.4. The summed E-state index contributed by atoms with van der Waals surface area (Å²) < 4.78 is 5.24. The Morgan fingerprint density at radius 2 is 2.12 bits per heavy atom. The molecule has 0 saturated heterocycles. The minimum Gasteiger partial charge on any atom is -0.461 e. The number of rotatable bonds is 5. The smallest absolute Gasteiger partial charge is 0.246 e. The molecule has 7 nitrogen and oxygen atoms in total. The normalized spacial score (nSPS) is 13.4. The monoisotopic (exact) mass is 240 g/mol. The molecule has 7 heteroatoms. The van der Waals surface area contributed by atoms with Gasteiger partial charge in [-0.1, -0.05) is 0 Å². The van der Waals surface area contributed by atoms with Crippen LogP contribution in [0.2, 0.25) is 0 Å². The van der Waals surface area contributed by atoms with E-state index in [1.54, 1.807) is 12.1 Å². The largest absolute Gasteiger partial charge is 0.461 e. The van der Waals surface area contributed by atoms with Gasteiger partial charge >= 0.3 is 0 Å². The fourth-order valence-electron chi connectivity index (χ4n) is 1.21. The molecule has 1 heterocycles. The molecule has 0 aliphatic rings. The Balaban J connectivity index is 2.75. The van der Waals surface area contributed by atoms with E-state index in [2.05, 4.69) is 0 Å². The Bertz CT molecular complexity index is 463. The van der Waals surface area contributed by atoms with Crippen LogP contribution in [-0.2, 0) is 6.42 Å². The molecule has 1 aromatic rings. The Kier molecular flexibility index (Phi) is 3.97. The Morgan fingerprint density at radius 3 is 2.65 bits per heavy atom. The third-order valence-corrected chi connectivity index (χ3v) is 2.18. The van der Waals surface area contributed by atoms with Gasteiger partial charge in [0, 0.05) is 18.8 Å². The van der Waals surface area contributed by atoms with Crippen molar-refractivity contribution in [2.45, 2.75) is 26.3 Å². The minimum absolute atomic E-state index is 0.0479. The van der Waals surface area contributed by atoms with E-state index in [4.69, 9.17) is 4.42 Å². The molecular formula is C10H12N2O5. The van der Waals surface area contributed by atoms with Gasteiger partial charge in [0.2, 0.25) is 11.7 Å². The molecule has 0 fully saturated rings. The summed E-state index contributed by atoms with van der Waals surface area (Å²) >= 11 is 0. The zero-order valence-corrected chi connectivity index (χ0v) is 9.45. The molecule has 1 rings (SSSR count). The van der Waals surface area contributed by atoms with Crippen molar-refractivity contribution in [3.05, 3.63) is 49.6 Å². The average Bonchev–Trinajstić information content (AvgIpc) is 2.65. The van der Waals surface area contributed by atoms with Crippen molar-refractivity contribution in [1.82, 2.24) is 0 Å². The van der Waals surface area contributed by atoms with Crippen molar-refractivity contribution in [2.24, 2.45) is 0 Å². The lowest BCUT2D eigenvalue weighted by Crippen LogP contribution is -2.17. The zero-order valence-electron chi connectivity index (χ0n) is 9.45. The summed E-state index contributed by atoms with van der Waals surface area (Å²) in [5.74, 6) is 0.765. The molecular weight excluding hydrogens is 228 g/mol. The standard InChI is InChI=1S/C10H12N2O5/c1-7(11(13)14)5-9-3-4-10(17-9)6-8(2)12(15)16/h3-5,8H,6H2,1-2H3/b7-5+. The molecule has 0 spiro atoms. The lowest BCUT2D eigenvalue weighted by Gasteiger charge is -1.99. The quantitative estimate of drug-likeness (QED) is 0.579. The Morgan fingerprint density at radius 1 is 1.47 bits per heavy atom. The summed E-state index contributed by atoms with van der Waals surface area (Å²) in [4.78, 5) is 19.9. The number of nitrogens with zero attached hydrogens (tertiary/aromatic N) is 2. The van der Waals surface area contributed by atoms with Crippen molar-refractivity contribution in [2.75, 3.05) is 0 Å². The first-order valence-electron chi connectivity index (χ1n) is 4.95. The number of furan rings is 1. The van der Waals surface area contributed by atoms with Crippen LogP contribution >= 0.6 is 0 Å². The number of hydrogen-bond donors (Lipinski definition) is 0. The van der Waals surface area contributed by atoms with Crippen LogP contribution in [0, 0.1) is 20.2 Å². The summed E-state index contributed by atoms with van der Waals surface area (Å²) in [5, 5.41) is 20.8. The maximum Gasteiger partial charge on any atom is 0.246 e. The van der Waals surface area contributed by atoms with E-state index in [0.29, 0.717) is 11.5 Å². The molecule has 1 aromatic heterocycles. The van der Waals surface area contributed by atoms with E-state index in [9.17, 15) is 20.2 Å². The van der Waals surface area contributed by atoms with E-state index in [1.165, 1.54) is 19.9 Å². The fourth-order valence-corrected chi connectivity index (χ4v) is 1.21. The van der Waals surface area contributed by atoms with Crippen molar-refractivity contribution in [3.63, 3.8) is 0 Å². The van der Waals surface area contributed by atoms with Gasteiger partial charge in [-0.25, -0.2) is 0 Å². The SMILES string of the molecule is C/C(=C\c1ccc(CC(C)[N+](=O)[O-])o1)[N+](=O)[O-]. The van der Waals surface area contributed by atoms with Crippen LogP contribution in [0.1, 0.15) is 25.4 Å². The van der Waals surface area contributed by atoms with Gasteiger partial charge in [0.15, 0.2) is 0 Å². The van der Waals surface area contributed by atoms with Crippen LogP contribution in [0.15, 0.2) is 22.2 Å². The molecule has 0 aromatic carbocycles. The second-order valence-electron chi connectivity index (χ2n) is 3.69. The zero-order chi connectivity index (χ0) is 13.0. The Hall–Kier alpha value is -2.18. The van der Waals surface area contributed by atoms with Crippen molar-refractivity contribution >= 4 is 6.08 Å². The van der Waals surface area contributed by atoms with E-state index >= 15 is 0 Å².